The summed E-state index contributed by atoms with van der Waals surface area (Å²) in [6, 6.07) is 9.29. The van der Waals surface area contributed by atoms with Crippen LogP contribution in [0.4, 0.5) is 10.2 Å². The lowest BCUT2D eigenvalue weighted by Crippen LogP contribution is -2.32. The smallest absolute Gasteiger partial charge is 0.256 e. The van der Waals surface area contributed by atoms with Crippen LogP contribution in [0.15, 0.2) is 41.4 Å². The summed E-state index contributed by atoms with van der Waals surface area (Å²) in [5.74, 6) is -0.223. The Kier molecular flexibility index (Phi) is 6.84. The number of amides is 1. The lowest BCUT2D eigenvalue weighted by molar-refractivity contribution is 0.0975. The summed E-state index contributed by atoms with van der Waals surface area (Å²) < 4.78 is 19.1. The molecule has 1 atom stereocenters. The summed E-state index contributed by atoms with van der Waals surface area (Å²) >= 11 is 11.8. The van der Waals surface area contributed by atoms with E-state index in [1.165, 1.54) is 12.1 Å². The number of methoxy groups -OCH3 is 1. The van der Waals surface area contributed by atoms with Crippen LogP contribution in [0.1, 0.15) is 23.7 Å². The molecule has 0 saturated carbocycles. The maximum absolute atomic E-state index is 13.9. The van der Waals surface area contributed by atoms with Crippen LogP contribution in [0.2, 0.25) is 10.0 Å². The van der Waals surface area contributed by atoms with Crippen LogP contribution in [0.25, 0.3) is 10.9 Å². The second-order valence-corrected chi connectivity index (χ2v) is 7.49. The van der Waals surface area contributed by atoms with E-state index in [9.17, 15) is 9.18 Å². The van der Waals surface area contributed by atoms with Gasteiger partial charge in [-0.1, -0.05) is 36.2 Å². The number of amidine groups is 1. The van der Waals surface area contributed by atoms with Gasteiger partial charge in [-0.25, -0.2) is 9.38 Å². The van der Waals surface area contributed by atoms with Gasteiger partial charge in [0.1, 0.15) is 11.7 Å². The highest BCUT2D eigenvalue weighted by Crippen LogP contribution is 2.28. The molecular formula is C20H19Cl2FN4O2. The molecule has 0 saturated heterocycles. The van der Waals surface area contributed by atoms with E-state index >= 15 is 0 Å². The monoisotopic (exact) mass is 436 g/mol. The number of halogens is 3. The number of H-pyrrole nitrogens is 1. The SMILES string of the molecule is COC[C@H](C)CC(=Nc1n[nH]c2cc(Cl)c(F)cc12)NC(=O)c1cccc(Cl)c1. The number of hydrogen-bond donors (Lipinski definition) is 2. The molecule has 0 aliphatic carbocycles. The Morgan fingerprint density at radius 3 is 2.86 bits per heavy atom. The molecule has 1 heterocycles. The van der Waals surface area contributed by atoms with Crippen molar-refractivity contribution in [3.8, 4) is 0 Å². The molecule has 0 aliphatic rings. The van der Waals surface area contributed by atoms with Crippen LogP contribution >= 0.6 is 23.2 Å². The third kappa shape index (κ3) is 5.32. The van der Waals surface area contributed by atoms with Gasteiger partial charge in [-0.3, -0.25) is 9.89 Å². The van der Waals surface area contributed by atoms with E-state index in [1.807, 2.05) is 6.92 Å². The Hall–Kier alpha value is -2.48. The van der Waals surface area contributed by atoms with Gasteiger partial charge in [0.2, 0.25) is 0 Å². The second kappa shape index (κ2) is 9.35. The predicted octanol–water partition coefficient (Wildman–Crippen LogP) is 5.14. The molecule has 6 nitrogen and oxygen atoms in total. The summed E-state index contributed by atoms with van der Waals surface area (Å²) in [4.78, 5) is 17.1. The van der Waals surface area contributed by atoms with Gasteiger partial charge in [0, 0.05) is 36.1 Å². The molecular weight excluding hydrogens is 418 g/mol. The summed E-state index contributed by atoms with van der Waals surface area (Å²) in [6.07, 6.45) is 0.421. The van der Waals surface area contributed by atoms with E-state index in [1.54, 1.807) is 31.4 Å². The van der Waals surface area contributed by atoms with E-state index < -0.39 is 5.82 Å². The molecule has 152 valence electrons. The molecule has 0 aliphatic heterocycles. The topological polar surface area (TPSA) is 79.4 Å². The number of aromatic amines is 1. The van der Waals surface area contributed by atoms with Gasteiger partial charge < -0.3 is 10.1 Å². The molecule has 9 heteroatoms. The first-order valence-electron chi connectivity index (χ1n) is 8.84. The molecule has 3 rings (SSSR count). The first kappa shape index (κ1) is 21.2. The highest BCUT2D eigenvalue weighted by atomic mass is 35.5. The second-order valence-electron chi connectivity index (χ2n) is 6.65. The number of ether oxygens (including phenoxy) is 1. The Morgan fingerprint density at radius 1 is 1.34 bits per heavy atom. The minimum atomic E-state index is -0.575. The number of nitrogens with one attached hydrogen (secondary N) is 2. The summed E-state index contributed by atoms with van der Waals surface area (Å²) in [5.41, 5.74) is 0.940. The number of aliphatic imine (C=N–C) groups is 1. The van der Waals surface area contributed by atoms with Gasteiger partial charge in [-0.2, -0.15) is 5.10 Å². The molecule has 0 radical (unpaired) electrons. The highest BCUT2D eigenvalue weighted by Gasteiger charge is 2.15. The number of fused-ring (bicyclic) bond motifs is 1. The van der Waals surface area contributed by atoms with Crippen LogP contribution in [0, 0.1) is 11.7 Å². The van der Waals surface area contributed by atoms with Crippen molar-refractivity contribution in [2.45, 2.75) is 13.3 Å². The molecule has 0 bridgehead atoms. The summed E-state index contributed by atoms with van der Waals surface area (Å²) in [7, 11) is 1.60. The molecule has 1 amide bonds. The Balaban J connectivity index is 1.94. The zero-order valence-corrected chi connectivity index (χ0v) is 17.3. The van der Waals surface area contributed by atoms with Gasteiger partial charge >= 0.3 is 0 Å². The van der Waals surface area contributed by atoms with Gasteiger partial charge in [-0.15, -0.1) is 0 Å². The van der Waals surface area contributed by atoms with Crippen LogP contribution < -0.4 is 5.32 Å². The zero-order valence-electron chi connectivity index (χ0n) is 15.8. The quantitative estimate of drug-likeness (QED) is 0.414. The molecule has 1 aromatic heterocycles. The number of hydrogen-bond acceptors (Lipinski definition) is 4. The third-order valence-corrected chi connectivity index (χ3v) is 4.69. The van der Waals surface area contributed by atoms with E-state index in [4.69, 9.17) is 27.9 Å². The molecule has 0 unspecified atom stereocenters. The van der Waals surface area contributed by atoms with Crippen molar-refractivity contribution in [2.24, 2.45) is 10.9 Å². The number of carbonyl (C=O) groups is 1. The van der Waals surface area contributed by atoms with Crippen molar-refractivity contribution in [3.63, 3.8) is 0 Å². The number of rotatable bonds is 6. The fourth-order valence-electron chi connectivity index (χ4n) is 2.84. The maximum Gasteiger partial charge on any atom is 0.256 e. The van der Waals surface area contributed by atoms with Crippen molar-refractivity contribution in [1.82, 2.24) is 15.5 Å². The fourth-order valence-corrected chi connectivity index (χ4v) is 3.20. The van der Waals surface area contributed by atoms with Crippen LogP contribution in [-0.4, -0.2) is 35.7 Å². The Bertz CT molecular complexity index is 1070. The average molecular weight is 437 g/mol. The standard InChI is InChI=1S/C20H19Cl2FN4O2/c1-11(10-29-2)6-18(25-20(28)12-4-3-5-13(21)7-12)24-19-14-8-16(23)15(22)9-17(14)26-27-19/h3-5,7-9,11H,6,10H2,1-2H3,(H2,24,25,26,27,28)/t11-/m1/s1. The zero-order chi connectivity index (χ0) is 21.0. The van der Waals surface area contributed by atoms with Crippen LogP contribution in [-0.2, 0) is 4.74 Å². The fraction of sp³-hybridized carbons (Fsp3) is 0.250. The minimum Gasteiger partial charge on any atom is -0.384 e. The van der Waals surface area contributed by atoms with E-state index in [0.717, 1.165) is 0 Å². The van der Waals surface area contributed by atoms with Gasteiger partial charge in [0.05, 0.1) is 10.5 Å². The van der Waals surface area contributed by atoms with Gasteiger partial charge in [0.15, 0.2) is 5.82 Å². The molecule has 3 aromatic rings. The molecule has 2 N–H and O–H groups in total. The number of aromatic nitrogens is 2. The number of carbonyl (C=O) groups excluding carboxylic acids is 1. The molecule has 2 aromatic carbocycles. The normalized spacial score (nSPS) is 12.9. The lowest BCUT2D eigenvalue weighted by atomic mass is 10.1. The molecule has 0 fully saturated rings. The third-order valence-electron chi connectivity index (χ3n) is 4.16. The Labute approximate surface area is 177 Å². The van der Waals surface area contributed by atoms with E-state index in [-0.39, 0.29) is 22.7 Å². The molecule has 0 spiro atoms. The largest absolute Gasteiger partial charge is 0.384 e. The lowest BCUT2D eigenvalue weighted by Gasteiger charge is -2.13. The highest BCUT2D eigenvalue weighted by molar-refractivity contribution is 6.31. The minimum absolute atomic E-state index is 0.0140. The van der Waals surface area contributed by atoms with Crippen molar-refractivity contribution in [3.05, 3.63) is 57.8 Å². The van der Waals surface area contributed by atoms with Gasteiger partial charge in [0.25, 0.3) is 5.91 Å². The van der Waals surface area contributed by atoms with Crippen molar-refractivity contribution >= 4 is 51.7 Å². The van der Waals surface area contributed by atoms with E-state index in [0.29, 0.717) is 40.4 Å². The average Bonchev–Trinajstić information content (AvgIpc) is 3.03. The van der Waals surface area contributed by atoms with Crippen LogP contribution in [0.5, 0.6) is 0 Å². The van der Waals surface area contributed by atoms with Crippen molar-refractivity contribution in [1.29, 1.82) is 0 Å². The van der Waals surface area contributed by atoms with Crippen LogP contribution in [0.3, 0.4) is 0 Å². The predicted molar refractivity (Wildman–Crippen MR) is 113 cm³/mol. The number of benzene rings is 2. The first-order valence-corrected chi connectivity index (χ1v) is 9.59. The van der Waals surface area contributed by atoms with Crippen molar-refractivity contribution < 1.29 is 13.9 Å². The molecule has 29 heavy (non-hydrogen) atoms. The van der Waals surface area contributed by atoms with Crippen molar-refractivity contribution in [2.75, 3.05) is 13.7 Å². The maximum atomic E-state index is 13.9. The summed E-state index contributed by atoms with van der Waals surface area (Å²) in [5, 5.41) is 10.6. The first-order chi connectivity index (χ1) is 13.9. The van der Waals surface area contributed by atoms with Gasteiger partial charge in [-0.05, 0) is 36.2 Å². The van der Waals surface area contributed by atoms with E-state index in [2.05, 4.69) is 20.5 Å². The summed E-state index contributed by atoms with van der Waals surface area (Å²) in [6.45, 7) is 2.45. The number of nitrogens with zero attached hydrogens (tertiary/aromatic N) is 2. The Morgan fingerprint density at radius 2 is 2.14 bits per heavy atom.